The second-order valence-corrected chi connectivity index (χ2v) is 8.14. The van der Waals surface area contributed by atoms with Gasteiger partial charge in [0.05, 0.1) is 0 Å². The van der Waals surface area contributed by atoms with Gasteiger partial charge in [-0.15, -0.1) is 0 Å². The van der Waals surface area contributed by atoms with Crippen molar-refractivity contribution in [2.75, 3.05) is 0 Å². The van der Waals surface area contributed by atoms with Crippen LogP contribution in [0.3, 0.4) is 0 Å². The fourth-order valence-corrected chi connectivity index (χ4v) is 4.43. The molecule has 2 atom stereocenters. The Morgan fingerprint density at radius 2 is 1.79 bits per heavy atom. The molecule has 0 aliphatic heterocycles. The molecule has 1 fully saturated rings. The Morgan fingerprint density at radius 3 is 2.52 bits per heavy atom. The van der Waals surface area contributed by atoms with E-state index in [-0.39, 0.29) is 11.9 Å². The number of hydrogen-bond acceptors (Lipinski definition) is 3. The number of aromatic amines is 1. The number of pyridine rings is 1. The van der Waals surface area contributed by atoms with Crippen LogP contribution in [0.15, 0.2) is 48.8 Å². The van der Waals surface area contributed by atoms with E-state index in [1.807, 2.05) is 48.8 Å². The summed E-state index contributed by atoms with van der Waals surface area (Å²) < 4.78 is 0. The van der Waals surface area contributed by atoms with E-state index in [1.54, 1.807) is 6.92 Å². The van der Waals surface area contributed by atoms with Gasteiger partial charge in [0.15, 0.2) is 0 Å². The third kappa shape index (κ3) is 4.51. The van der Waals surface area contributed by atoms with E-state index in [2.05, 4.69) is 15.4 Å². The highest BCUT2D eigenvalue weighted by atomic mass is 35.5. The SMILES string of the molecule is CC(=O)N[C@H]1CCC[C@@H](c2[nH]nc(-c3ccc(Cl)cc3)c2-c2ccncc2)CC1. The number of rotatable bonds is 4. The third-order valence-corrected chi connectivity index (χ3v) is 5.92. The topological polar surface area (TPSA) is 70.7 Å². The lowest BCUT2D eigenvalue weighted by Gasteiger charge is -2.17. The number of hydrogen-bond donors (Lipinski definition) is 2. The average Bonchev–Trinajstić information content (AvgIpc) is 3.03. The van der Waals surface area contributed by atoms with Gasteiger partial charge in [0.1, 0.15) is 5.69 Å². The van der Waals surface area contributed by atoms with Crippen molar-refractivity contribution < 1.29 is 4.79 Å². The van der Waals surface area contributed by atoms with Gasteiger partial charge in [-0.25, -0.2) is 0 Å². The van der Waals surface area contributed by atoms with Crippen molar-refractivity contribution in [2.24, 2.45) is 0 Å². The Morgan fingerprint density at radius 1 is 1.03 bits per heavy atom. The maximum atomic E-state index is 11.5. The van der Waals surface area contributed by atoms with Gasteiger partial charge in [0.25, 0.3) is 0 Å². The third-order valence-electron chi connectivity index (χ3n) is 5.67. The minimum atomic E-state index is 0.0532. The van der Waals surface area contributed by atoms with E-state index in [0.29, 0.717) is 10.9 Å². The lowest BCUT2D eigenvalue weighted by atomic mass is 9.89. The molecule has 2 heterocycles. The van der Waals surface area contributed by atoms with Crippen LogP contribution in [-0.4, -0.2) is 27.1 Å². The maximum absolute atomic E-state index is 11.5. The van der Waals surface area contributed by atoms with Gasteiger partial charge >= 0.3 is 0 Å². The molecule has 1 saturated carbocycles. The van der Waals surface area contributed by atoms with Gasteiger partial charge in [-0.2, -0.15) is 5.10 Å². The number of amides is 1. The van der Waals surface area contributed by atoms with Gasteiger partial charge in [0.2, 0.25) is 5.91 Å². The molecule has 150 valence electrons. The molecule has 4 rings (SSSR count). The first-order valence-corrected chi connectivity index (χ1v) is 10.5. The first-order valence-electron chi connectivity index (χ1n) is 10.1. The van der Waals surface area contributed by atoms with E-state index in [0.717, 1.165) is 54.5 Å². The van der Waals surface area contributed by atoms with Crippen LogP contribution in [0.25, 0.3) is 22.4 Å². The second-order valence-electron chi connectivity index (χ2n) is 7.71. The summed E-state index contributed by atoms with van der Waals surface area (Å²) in [4.78, 5) is 15.6. The highest BCUT2D eigenvalue weighted by molar-refractivity contribution is 6.30. The van der Waals surface area contributed by atoms with Crippen LogP contribution < -0.4 is 5.32 Å². The highest BCUT2D eigenvalue weighted by Crippen LogP contribution is 2.41. The molecule has 1 aliphatic carbocycles. The van der Waals surface area contributed by atoms with Crippen LogP contribution in [0.1, 0.15) is 50.6 Å². The minimum Gasteiger partial charge on any atom is -0.354 e. The van der Waals surface area contributed by atoms with Crippen LogP contribution >= 0.6 is 11.6 Å². The van der Waals surface area contributed by atoms with E-state index in [1.165, 1.54) is 5.69 Å². The van der Waals surface area contributed by atoms with Crippen molar-refractivity contribution in [3.05, 3.63) is 59.5 Å². The smallest absolute Gasteiger partial charge is 0.217 e. The summed E-state index contributed by atoms with van der Waals surface area (Å²) in [5.74, 6) is 0.433. The molecule has 6 heteroatoms. The first kappa shape index (κ1) is 19.6. The van der Waals surface area contributed by atoms with Crippen molar-refractivity contribution in [3.63, 3.8) is 0 Å². The number of halogens is 1. The van der Waals surface area contributed by atoms with Gasteiger partial charge in [-0.1, -0.05) is 30.2 Å². The number of H-pyrrole nitrogens is 1. The molecule has 3 aromatic rings. The summed E-state index contributed by atoms with van der Waals surface area (Å²) in [5.41, 5.74) is 5.39. The van der Waals surface area contributed by atoms with Crippen LogP contribution in [0.2, 0.25) is 5.02 Å². The quantitative estimate of drug-likeness (QED) is 0.572. The van der Waals surface area contributed by atoms with Crippen LogP contribution in [0, 0.1) is 0 Å². The fraction of sp³-hybridized carbons (Fsp3) is 0.348. The number of carbonyl (C=O) groups is 1. The largest absolute Gasteiger partial charge is 0.354 e. The summed E-state index contributed by atoms with van der Waals surface area (Å²) in [5, 5.41) is 11.9. The number of nitrogens with one attached hydrogen (secondary N) is 2. The predicted octanol–water partition coefficient (Wildman–Crippen LogP) is 5.34. The standard InChI is InChI=1S/C23H25ClN4O/c1-15(29)26-20-4-2-3-17(7-10-20)22-21(16-11-13-25-14-12-16)23(28-27-22)18-5-8-19(24)9-6-18/h5-6,8-9,11-14,17,20H,2-4,7,10H2,1H3,(H,26,29)(H,27,28)/t17-,20+/m1/s1. The zero-order valence-electron chi connectivity index (χ0n) is 16.5. The van der Waals surface area contributed by atoms with Crippen molar-refractivity contribution in [1.29, 1.82) is 0 Å². The Labute approximate surface area is 175 Å². The van der Waals surface area contributed by atoms with Gasteiger partial charge < -0.3 is 5.32 Å². The second kappa shape index (κ2) is 8.78. The summed E-state index contributed by atoms with van der Waals surface area (Å²) in [7, 11) is 0. The Hall–Kier alpha value is -2.66. The average molecular weight is 409 g/mol. The molecule has 0 bridgehead atoms. The van der Waals surface area contributed by atoms with Crippen LogP contribution in [0.4, 0.5) is 0 Å². The summed E-state index contributed by atoms with van der Waals surface area (Å²) in [6, 6.07) is 12.1. The predicted molar refractivity (Wildman–Crippen MR) is 116 cm³/mol. The van der Waals surface area contributed by atoms with Crippen LogP contribution in [-0.2, 0) is 4.79 Å². The fourth-order valence-electron chi connectivity index (χ4n) is 4.30. The number of benzene rings is 1. The van der Waals surface area contributed by atoms with Crippen molar-refractivity contribution in [1.82, 2.24) is 20.5 Å². The highest BCUT2D eigenvalue weighted by Gasteiger charge is 2.26. The zero-order valence-corrected chi connectivity index (χ0v) is 17.2. The number of nitrogens with zero attached hydrogens (tertiary/aromatic N) is 2. The normalized spacial score (nSPS) is 19.5. The van der Waals surface area contributed by atoms with Crippen LogP contribution in [0.5, 0.6) is 0 Å². The molecule has 0 radical (unpaired) electrons. The number of aromatic nitrogens is 3. The van der Waals surface area contributed by atoms with E-state index in [4.69, 9.17) is 16.7 Å². The van der Waals surface area contributed by atoms with Gasteiger partial charge in [-0.3, -0.25) is 14.9 Å². The molecule has 1 aliphatic rings. The maximum Gasteiger partial charge on any atom is 0.217 e. The van der Waals surface area contributed by atoms with Crippen molar-refractivity contribution >= 4 is 17.5 Å². The number of carbonyl (C=O) groups excluding carboxylic acids is 1. The molecule has 2 aromatic heterocycles. The lowest BCUT2D eigenvalue weighted by Crippen LogP contribution is -2.32. The summed E-state index contributed by atoms with van der Waals surface area (Å²) >= 11 is 6.08. The Kier molecular flexibility index (Phi) is 5.95. The minimum absolute atomic E-state index is 0.0532. The molecule has 1 amide bonds. The molecular formula is C23H25ClN4O. The van der Waals surface area contributed by atoms with E-state index >= 15 is 0 Å². The summed E-state index contributed by atoms with van der Waals surface area (Å²) in [6.45, 7) is 1.59. The monoisotopic (exact) mass is 408 g/mol. The molecule has 5 nitrogen and oxygen atoms in total. The van der Waals surface area contributed by atoms with Gasteiger partial charge in [-0.05, 0) is 55.5 Å². The first-order chi connectivity index (χ1) is 14.1. The van der Waals surface area contributed by atoms with Gasteiger partial charge in [0, 0.05) is 53.1 Å². The van der Waals surface area contributed by atoms with E-state index in [9.17, 15) is 4.79 Å². The molecular weight excluding hydrogens is 384 g/mol. The Bertz CT molecular complexity index is 968. The molecule has 0 unspecified atom stereocenters. The molecule has 1 aromatic carbocycles. The molecule has 0 saturated heterocycles. The molecule has 29 heavy (non-hydrogen) atoms. The Balaban J connectivity index is 1.70. The molecule has 2 N–H and O–H groups in total. The lowest BCUT2D eigenvalue weighted by molar-refractivity contribution is -0.119. The zero-order chi connectivity index (χ0) is 20.2. The summed E-state index contributed by atoms with van der Waals surface area (Å²) in [6.07, 6.45) is 8.83. The van der Waals surface area contributed by atoms with E-state index < -0.39 is 0 Å². The van der Waals surface area contributed by atoms with Crippen molar-refractivity contribution in [3.8, 4) is 22.4 Å². The van der Waals surface area contributed by atoms with Crippen molar-refractivity contribution in [2.45, 2.75) is 51.0 Å². The molecule has 0 spiro atoms.